The minimum Gasteiger partial charge on any atom is -0.481 e. The normalized spacial score (nSPS) is 19.8. The van der Waals surface area contributed by atoms with Crippen molar-refractivity contribution in [1.82, 2.24) is 10.2 Å². The van der Waals surface area contributed by atoms with E-state index in [-0.39, 0.29) is 30.2 Å². The Morgan fingerprint density at radius 2 is 1.67 bits per heavy atom. The fraction of sp³-hybridized carbons (Fsp3) is 0.419. The fourth-order valence-electron chi connectivity index (χ4n) is 5.60. The number of carboxylic acids is 1. The first-order valence-electron chi connectivity index (χ1n) is 13.1. The average Bonchev–Trinajstić information content (AvgIpc) is 2.89. The lowest BCUT2D eigenvalue weighted by molar-refractivity contribution is -0.148. The predicted molar refractivity (Wildman–Crippen MR) is 145 cm³/mol. The van der Waals surface area contributed by atoms with Crippen molar-refractivity contribution in [1.29, 1.82) is 0 Å². The van der Waals surface area contributed by atoms with Gasteiger partial charge in [0.2, 0.25) is 5.91 Å². The first-order chi connectivity index (χ1) is 17.3. The Morgan fingerprint density at radius 3 is 2.39 bits per heavy atom. The van der Waals surface area contributed by atoms with Gasteiger partial charge in [-0.15, -0.1) is 0 Å². The number of amides is 1. The molecule has 0 radical (unpaired) electrons. The number of carboxylic acid groups (broad SMARTS) is 1. The minimum atomic E-state index is -0.889. The van der Waals surface area contributed by atoms with Crippen LogP contribution in [0, 0.1) is 17.8 Å². The molecule has 4 atom stereocenters. The fourth-order valence-corrected chi connectivity index (χ4v) is 5.60. The smallest absolute Gasteiger partial charge is 0.307 e. The maximum absolute atomic E-state index is 13.2. The first kappa shape index (κ1) is 25.9. The van der Waals surface area contributed by atoms with Gasteiger partial charge in [-0.05, 0) is 53.0 Å². The number of carbonyl (C=O) groups excluding carboxylic acids is 1. The minimum absolute atomic E-state index is 0.0466. The number of nitrogens with zero attached hydrogens (tertiary/aromatic N) is 1. The SMILES string of the molecule is CC(C)[C@@H](CC(=O)N1CCC(c2ccccc2)C(CN[C@H](C)c2cccc3ccccc23)C1)C(=O)O. The standard InChI is InChI=1S/C31H38N2O3/c1-21(2)29(31(35)36)18-30(34)33-17-16-27(23-10-5-4-6-11-23)25(20-33)19-32-22(3)26-15-9-13-24-12-7-8-14-28(24)26/h4-15,21-22,25,27,29,32H,16-20H2,1-3H3,(H,35,36)/t22-,25?,27?,29-/m1/s1. The third kappa shape index (κ3) is 5.96. The van der Waals surface area contributed by atoms with E-state index in [4.69, 9.17) is 0 Å². The summed E-state index contributed by atoms with van der Waals surface area (Å²) in [5, 5.41) is 15.8. The summed E-state index contributed by atoms with van der Waals surface area (Å²) in [6.07, 6.45) is 0.944. The Bertz CT molecular complexity index is 1170. The molecule has 0 aromatic heterocycles. The van der Waals surface area contributed by atoms with Crippen LogP contribution in [-0.4, -0.2) is 41.5 Å². The second-order valence-corrected chi connectivity index (χ2v) is 10.5. The summed E-state index contributed by atoms with van der Waals surface area (Å²) in [5.41, 5.74) is 2.58. The summed E-state index contributed by atoms with van der Waals surface area (Å²) in [6.45, 7) is 8.02. The van der Waals surface area contributed by atoms with Crippen LogP contribution in [-0.2, 0) is 9.59 Å². The van der Waals surface area contributed by atoms with Gasteiger partial charge in [0.1, 0.15) is 0 Å². The molecule has 1 aliphatic rings. The number of benzene rings is 3. The van der Waals surface area contributed by atoms with Gasteiger partial charge in [0.05, 0.1) is 5.92 Å². The summed E-state index contributed by atoms with van der Waals surface area (Å²) in [5.74, 6) is -1.07. The van der Waals surface area contributed by atoms with Crippen molar-refractivity contribution in [2.45, 2.75) is 45.6 Å². The van der Waals surface area contributed by atoms with Crippen LogP contribution in [0.4, 0.5) is 0 Å². The van der Waals surface area contributed by atoms with E-state index in [0.29, 0.717) is 19.0 Å². The van der Waals surface area contributed by atoms with Crippen LogP contribution in [0.1, 0.15) is 56.7 Å². The van der Waals surface area contributed by atoms with Crippen LogP contribution in [0.3, 0.4) is 0 Å². The topological polar surface area (TPSA) is 69.6 Å². The summed E-state index contributed by atoms with van der Waals surface area (Å²) < 4.78 is 0. The maximum Gasteiger partial charge on any atom is 0.307 e. The molecular formula is C31H38N2O3. The van der Waals surface area contributed by atoms with Crippen molar-refractivity contribution in [2.24, 2.45) is 17.8 Å². The molecule has 1 heterocycles. The molecule has 1 saturated heterocycles. The second-order valence-electron chi connectivity index (χ2n) is 10.5. The molecule has 1 amide bonds. The lowest BCUT2D eigenvalue weighted by Gasteiger charge is -2.40. The third-order valence-electron chi connectivity index (χ3n) is 7.81. The third-order valence-corrected chi connectivity index (χ3v) is 7.81. The Labute approximate surface area is 214 Å². The zero-order valence-electron chi connectivity index (χ0n) is 21.6. The molecule has 1 fully saturated rings. The molecular weight excluding hydrogens is 448 g/mol. The van der Waals surface area contributed by atoms with Crippen molar-refractivity contribution in [3.8, 4) is 0 Å². The van der Waals surface area contributed by atoms with Crippen LogP contribution < -0.4 is 5.32 Å². The van der Waals surface area contributed by atoms with E-state index in [1.807, 2.05) is 24.8 Å². The number of aliphatic carboxylic acids is 1. The lowest BCUT2D eigenvalue weighted by atomic mass is 9.80. The second kappa shape index (κ2) is 11.7. The number of nitrogens with one attached hydrogen (secondary N) is 1. The van der Waals surface area contributed by atoms with E-state index in [0.717, 1.165) is 13.0 Å². The van der Waals surface area contributed by atoms with Crippen molar-refractivity contribution >= 4 is 22.6 Å². The molecule has 5 heteroatoms. The molecule has 1 aliphatic heterocycles. The highest BCUT2D eigenvalue weighted by Crippen LogP contribution is 2.34. The van der Waals surface area contributed by atoms with Gasteiger partial charge in [-0.2, -0.15) is 0 Å². The zero-order chi connectivity index (χ0) is 25.7. The van der Waals surface area contributed by atoms with E-state index in [1.165, 1.54) is 21.9 Å². The quantitative estimate of drug-likeness (QED) is 0.397. The molecule has 0 aliphatic carbocycles. The molecule has 190 valence electrons. The molecule has 4 rings (SSSR count). The number of likely N-dealkylation sites (tertiary alicyclic amines) is 1. The highest BCUT2D eigenvalue weighted by Gasteiger charge is 2.34. The highest BCUT2D eigenvalue weighted by molar-refractivity contribution is 5.86. The predicted octanol–water partition coefficient (Wildman–Crippen LogP) is 5.87. The Hall–Kier alpha value is -3.18. The van der Waals surface area contributed by atoms with Gasteiger partial charge in [-0.25, -0.2) is 0 Å². The molecule has 2 N–H and O–H groups in total. The van der Waals surface area contributed by atoms with Crippen molar-refractivity contribution in [3.63, 3.8) is 0 Å². The number of hydrogen-bond acceptors (Lipinski definition) is 3. The molecule has 0 saturated carbocycles. The Kier molecular flexibility index (Phi) is 8.42. The first-order valence-corrected chi connectivity index (χ1v) is 13.1. The summed E-state index contributed by atoms with van der Waals surface area (Å²) in [7, 11) is 0. The number of fused-ring (bicyclic) bond motifs is 1. The van der Waals surface area contributed by atoms with Crippen LogP contribution in [0.5, 0.6) is 0 Å². The van der Waals surface area contributed by atoms with Gasteiger partial charge in [0, 0.05) is 32.1 Å². The summed E-state index contributed by atoms with van der Waals surface area (Å²) >= 11 is 0. The summed E-state index contributed by atoms with van der Waals surface area (Å²) in [6, 6.07) is 25.6. The Balaban J connectivity index is 1.50. The average molecular weight is 487 g/mol. The van der Waals surface area contributed by atoms with Crippen LogP contribution in [0.2, 0.25) is 0 Å². The molecule has 3 aromatic rings. The summed E-state index contributed by atoms with van der Waals surface area (Å²) in [4.78, 5) is 26.7. The van der Waals surface area contributed by atoms with E-state index in [9.17, 15) is 14.7 Å². The monoisotopic (exact) mass is 486 g/mol. The van der Waals surface area contributed by atoms with Gasteiger partial charge >= 0.3 is 5.97 Å². The van der Waals surface area contributed by atoms with Gasteiger partial charge < -0.3 is 15.3 Å². The molecule has 36 heavy (non-hydrogen) atoms. The molecule has 0 bridgehead atoms. The molecule has 2 unspecified atom stereocenters. The van der Waals surface area contributed by atoms with Crippen LogP contribution in [0.25, 0.3) is 10.8 Å². The van der Waals surface area contributed by atoms with E-state index in [2.05, 4.69) is 79.0 Å². The number of carbonyl (C=O) groups is 2. The number of piperidine rings is 1. The molecule has 0 spiro atoms. The molecule has 3 aromatic carbocycles. The van der Waals surface area contributed by atoms with Crippen molar-refractivity contribution < 1.29 is 14.7 Å². The van der Waals surface area contributed by atoms with Gasteiger partial charge in [0.15, 0.2) is 0 Å². The van der Waals surface area contributed by atoms with Gasteiger partial charge in [-0.1, -0.05) is 86.6 Å². The van der Waals surface area contributed by atoms with Gasteiger partial charge in [-0.3, -0.25) is 9.59 Å². The van der Waals surface area contributed by atoms with Gasteiger partial charge in [0.25, 0.3) is 0 Å². The number of rotatable bonds is 9. The van der Waals surface area contributed by atoms with Crippen LogP contribution in [0.15, 0.2) is 72.8 Å². The van der Waals surface area contributed by atoms with Crippen molar-refractivity contribution in [3.05, 3.63) is 83.9 Å². The van der Waals surface area contributed by atoms with Crippen molar-refractivity contribution in [2.75, 3.05) is 19.6 Å². The van der Waals surface area contributed by atoms with Crippen LogP contribution >= 0.6 is 0 Å². The largest absolute Gasteiger partial charge is 0.481 e. The molecule has 5 nitrogen and oxygen atoms in total. The van der Waals surface area contributed by atoms with E-state index < -0.39 is 11.9 Å². The number of hydrogen-bond donors (Lipinski definition) is 2. The Morgan fingerprint density at radius 1 is 0.972 bits per heavy atom. The maximum atomic E-state index is 13.2. The lowest BCUT2D eigenvalue weighted by Crippen LogP contribution is -2.47. The zero-order valence-corrected chi connectivity index (χ0v) is 21.6. The highest BCUT2D eigenvalue weighted by atomic mass is 16.4. The van der Waals surface area contributed by atoms with E-state index in [1.54, 1.807) is 0 Å². The van der Waals surface area contributed by atoms with E-state index >= 15 is 0 Å².